The van der Waals surface area contributed by atoms with Gasteiger partial charge in [0.1, 0.15) is 11.5 Å². The van der Waals surface area contributed by atoms with Gasteiger partial charge in [-0.1, -0.05) is 24.3 Å². The van der Waals surface area contributed by atoms with E-state index < -0.39 is 0 Å². The number of rotatable bonds is 5. The van der Waals surface area contributed by atoms with Crippen molar-refractivity contribution in [1.29, 1.82) is 0 Å². The first kappa shape index (κ1) is 13.7. The van der Waals surface area contributed by atoms with Gasteiger partial charge in [-0.2, -0.15) is 0 Å². The Morgan fingerprint density at radius 3 is 2.52 bits per heavy atom. The Balaban J connectivity index is 1.69. The molecule has 1 atom stereocenters. The molecular formula is C18H19NO2. The van der Waals surface area contributed by atoms with E-state index in [4.69, 9.17) is 4.74 Å². The Morgan fingerprint density at radius 2 is 1.81 bits per heavy atom. The zero-order chi connectivity index (χ0) is 14.7. The van der Waals surface area contributed by atoms with Crippen molar-refractivity contribution in [2.45, 2.75) is 25.8 Å². The predicted molar refractivity (Wildman–Crippen MR) is 82.6 cm³/mol. The standard InChI is InChI=1S/C18H19NO2/c1-13(14-10-11-14)19-18(20)15-6-5-9-17(12-15)21-16-7-3-2-4-8-16/h2-9,12-14H,10-11H2,1H3,(H,19,20)/t13-/m1/s1. The fourth-order valence-electron chi connectivity index (χ4n) is 2.33. The van der Waals surface area contributed by atoms with Gasteiger partial charge in [0.15, 0.2) is 0 Å². The number of amides is 1. The average Bonchev–Trinajstić information content (AvgIpc) is 3.33. The smallest absolute Gasteiger partial charge is 0.251 e. The van der Waals surface area contributed by atoms with Gasteiger partial charge in [-0.05, 0) is 56.0 Å². The van der Waals surface area contributed by atoms with Gasteiger partial charge in [0, 0.05) is 11.6 Å². The molecule has 0 saturated heterocycles. The van der Waals surface area contributed by atoms with Crippen LogP contribution in [-0.4, -0.2) is 11.9 Å². The van der Waals surface area contributed by atoms with Crippen LogP contribution < -0.4 is 10.1 Å². The van der Waals surface area contributed by atoms with Gasteiger partial charge in [0.2, 0.25) is 0 Å². The summed E-state index contributed by atoms with van der Waals surface area (Å²) in [4.78, 5) is 12.2. The molecule has 3 nitrogen and oxygen atoms in total. The van der Waals surface area contributed by atoms with Crippen LogP contribution in [0, 0.1) is 5.92 Å². The molecule has 2 aromatic rings. The molecule has 0 aliphatic heterocycles. The summed E-state index contributed by atoms with van der Waals surface area (Å²) in [6.45, 7) is 2.07. The summed E-state index contributed by atoms with van der Waals surface area (Å²) in [5, 5.41) is 3.05. The van der Waals surface area contributed by atoms with Gasteiger partial charge in [-0.3, -0.25) is 4.79 Å². The number of benzene rings is 2. The maximum absolute atomic E-state index is 12.2. The minimum Gasteiger partial charge on any atom is -0.457 e. The molecule has 1 aliphatic rings. The van der Waals surface area contributed by atoms with E-state index in [-0.39, 0.29) is 11.9 Å². The van der Waals surface area contributed by atoms with Crippen molar-refractivity contribution in [2.24, 2.45) is 5.92 Å². The lowest BCUT2D eigenvalue weighted by Gasteiger charge is -2.13. The quantitative estimate of drug-likeness (QED) is 0.899. The fraction of sp³-hybridized carbons (Fsp3) is 0.278. The Hall–Kier alpha value is -2.29. The first-order valence-corrected chi connectivity index (χ1v) is 7.36. The maximum atomic E-state index is 12.2. The Labute approximate surface area is 124 Å². The van der Waals surface area contributed by atoms with Crippen molar-refractivity contribution in [3.05, 3.63) is 60.2 Å². The van der Waals surface area contributed by atoms with Crippen LogP contribution >= 0.6 is 0 Å². The van der Waals surface area contributed by atoms with E-state index in [1.165, 1.54) is 12.8 Å². The van der Waals surface area contributed by atoms with E-state index in [1.807, 2.05) is 48.5 Å². The molecule has 1 amide bonds. The molecule has 0 unspecified atom stereocenters. The van der Waals surface area contributed by atoms with Crippen LogP contribution in [0.2, 0.25) is 0 Å². The fourth-order valence-corrected chi connectivity index (χ4v) is 2.33. The minimum atomic E-state index is -0.0343. The third kappa shape index (κ3) is 3.63. The predicted octanol–water partition coefficient (Wildman–Crippen LogP) is 4.01. The van der Waals surface area contributed by atoms with E-state index >= 15 is 0 Å². The average molecular weight is 281 g/mol. The first-order valence-electron chi connectivity index (χ1n) is 7.36. The van der Waals surface area contributed by atoms with E-state index in [0.717, 1.165) is 5.75 Å². The summed E-state index contributed by atoms with van der Waals surface area (Å²) in [6, 6.07) is 17.1. The SMILES string of the molecule is C[C@@H](NC(=O)c1cccc(Oc2ccccc2)c1)C1CC1. The highest BCUT2D eigenvalue weighted by molar-refractivity contribution is 5.94. The molecule has 0 bridgehead atoms. The second-order valence-electron chi connectivity index (χ2n) is 5.54. The van der Waals surface area contributed by atoms with Gasteiger partial charge in [0.25, 0.3) is 5.91 Å². The van der Waals surface area contributed by atoms with Gasteiger partial charge in [-0.15, -0.1) is 0 Å². The number of ether oxygens (including phenoxy) is 1. The molecule has 1 saturated carbocycles. The van der Waals surface area contributed by atoms with Crippen molar-refractivity contribution < 1.29 is 9.53 Å². The van der Waals surface area contributed by atoms with Crippen molar-refractivity contribution in [2.75, 3.05) is 0 Å². The number of nitrogens with one attached hydrogen (secondary N) is 1. The molecule has 21 heavy (non-hydrogen) atoms. The van der Waals surface area contributed by atoms with Gasteiger partial charge < -0.3 is 10.1 Å². The van der Waals surface area contributed by atoms with Crippen LogP contribution in [0.1, 0.15) is 30.1 Å². The summed E-state index contributed by atoms with van der Waals surface area (Å²) in [5.74, 6) is 2.06. The highest BCUT2D eigenvalue weighted by Crippen LogP contribution is 2.32. The summed E-state index contributed by atoms with van der Waals surface area (Å²) in [5.41, 5.74) is 0.635. The Kier molecular flexibility index (Phi) is 3.91. The van der Waals surface area contributed by atoms with Gasteiger partial charge in [0.05, 0.1) is 0 Å². The minimum absolute atomic E-state index is 0.0343. The number of carbonyl (C=O) groups is 1. The molecule has 0 aromatic heterocycles. The molecule has 1 aliphatic carbocycles. The van der Waals surface area contributed by atoms with E-state index in [9.17, 15) is 4.79 Å². The molecule has 0 heterocycles. The number of carbonyl (C=O) groups excluding carboxylic acids is 1. The van der Waals surface area contributed by atoms with Crippen LogP contribution in [0.25, 0.3) is 0 Å². The maximum Gasteiger partial charge on any atom is 0.251 e. The van der Waals surface area contributed by atoms with Crippen molar-refractivity contribution >= 4 is 5.91 Å². The lowest BCUT2D eigenvalue weighted by atomic mass is 10.1. The molecule has 3 heteroatoms. The lowest BCUT2D eigenvalue weighted by molar-refractivity contribution is 0.0935. The van der Waals surface area contributed by atoms with Crippen LogP contribution in [0.3, 0.4) is 0 Å². The highest BCUT2D eigenvalue weighted by Gasteiger charge is 2.29. The molecule has 1 fully saturated rings. The monoisotopic (exact) mass is 281 g/mol. The van der Waals surface area contributed by atoms with Crippen molar-refractivity contribution in [1.82, 2.24) is 5.32 Å². The lowest BCUT2D eigenvalue weighted by Crippen LogP contribution is -2.33. The highest BCUT2D eigenvalue weighted by atomic mass is 16.5. The normalized spacial score (nSPS) is 15.3. The Bertz CT molecular complexity index is 620. The zero-order valence-electron chi connectivity index (χ0n) is 12.1. The summed E-state index contributed by atoms with van der Waals surface area (Å²) in [6.07, 6.45) is 2.44. The molecule has 0 spiro atoms. The Morgan fingerprint density at radius 1 is 1.10 bits per heavy atom. The number of hydrogen-bond donors (Lipinski definition) is 1. The van der Waals surface area contributed by atoms with Crippen LogP contribution in [0.4, 0.5) is 0 Å². The molecule has 3 rings (SSSR count). The van der Waals surface area contributed by atoms with Crippen molar-refractivity contribution in [3.8, 4) is 11.5 Å². The van der Waals surface area contributed by atoms with Crippen LogP contribution in [0.15, 0.2) is 54.6 Å². The van der Waals surface area contributed by atoms with E-state index in [1.54, 1.807) is 6.07 Å². The van der Waals surface area contributed by atoms with Gasteiger partial charge >= 0.3 is 0 Å². The molecule has 2 aromatic carbocycles. The second kappa shape index (κ2) is 6.00. The number of hydrogen-bond acceptors (Lipinski definition) is 2. The largest absolute Gasteiger partial charge is 0.457 e. The van der Waals surface area contributed by atoms with Crippen LogP contribution in [-0.2, 0) is 0 Å². The van der Waals surface area contributed by atoms with Crippen LogP contribution in [0.5, 0.6) is 11.5 Å². The summed E-state index contributed by atoms with van der Waals surface area (Å²) in [7, 11) is 0. The molecule has 1 N–H and O–H groups in total. The topological polar surface area (TPSA) is 38.3 Å². The zero-order valence-corrected chi connectivity index (χ0v) is 12.1. The molecule has 108 valence electrons. The molecular weight excluding hydrogens is 262 g/mol. The second-order valence-corrected chi connectivity index (χ2v) is 5.54. The third-order valence-corrected chi connectivity index (χ3v) is 3.76. The van der Waals surface area contributed by atoms with Gasteiger partial charge in [-0.25, -0.2) is 0 Å². The third-order valence-electron chi connectivity index (χ3n) is 3.76. The van der Waals surface area contributed by atoms with E-state index in [2.05, 4.69) is 12.2 Å². The summed E-state index contributed by atoms with van der Waals surface area (Å²) >= 11 is 0. The van der Waals surface area contributed by atoms with E-state index in [0.29, 0.717) is 17.2 Å². The van der Waals surface area contributed by atoms with Crippen molar-refractivity contribution in [3.63, 3.8) is 0 Å². The molecule has 0 radical (unpaired) electrons. The summed E-state index contributed by atoms with van der Waals surface area (Å²) < 4.78 is 5.75. The number of para-hydroxylation sites is 1. The first-order chi connectivity index (χ1) is 10.2.